The molecule has 4 nitrogen and oxygen atoms in total. The molecule has 4 aromatic carbocycles. The van der Waals surface area contributed by atoms with Crippen LogP contribution in [-0.4, -0.2) is 10.5 Å². The van der Waals surface area contributed by atoms with Gasteiger partial charge < -0.3 is 9.88 Å². The fourth-order valence-electron chi connectivity index (χ4n) is 4.27. The SMILES string of the molecule is O=C(NCc1ccc2ccc(Cl)cc2c1)c1cccc(Cc2ccc(Cn3ccccc3=O)cc2)c1. The Labute approximate surface area is 214 Å². The van der Waals surface area contributed by atoms with E-state index in [1.807, 2.05) is 72.8 Å². The van der Waals surface area contributed by atoms with Crippen LogP contribution in [0.4, 0.5) is 0 Å². The van der Waals surface area contributed by atoms with Crippen molar-refractivity contribution in [1.82, 2.24) is 9.88 Å². The maximum atomic E-state index is 12.8. The van der Waals surface area contributed by atoms with Crippen LogP contribution in [0.5, 0.6) is 0 Å². The molecular weight excluding hydrogens is 468 g/mol. The first kappa shape index (κ1) is 23.6. The molecule has 0 bridgehead atoms. The van der Waals surface area contributed by atoms with Crippen LogP contribution in [0.2, 0.25) is 5.02 Å². The number of amides is 1. The van der Waals surface area contributed by atoms with Gasteiger partial charge in [0.2, 0.25) is 0 Å². The summed E-state index contributed by atoms with van der Waals surface area (Å²) in [5.41, 5.74) is 4.92. The fraction of sp³-hybridized carbons (Fsp3) is 0.0968. The quantitative estimate of drug-likeness (QED) is 0.293. The summed E-state index contributed by atoms with van der Waals surface area (Å²) in [5.74, 6) is -0.105. The topological polar surface area (TPSA) is 51.1 Å². The van der Waals surface area contributed by atoms with Crippen molar-refractivity contribution in [2.24, 2.45) is 0 Å². The number of nitrogens with one attached hydrogen (secondary N) is 1. The lowest BCUT2D eigenvalue weighted by atomic mass is 10.0. The predicted molar refractivity (Wildman–Crippen MR) is 146 cm³/mol. The first-order valence-electron chi connectivity index (χ1n) is 11.8. The van der Waals surface area contributed by atoms with E-state index in [1.54, 1.807) is 22.9 Å². The van der Waals surface area contributed by atoms with Gasteiger partial charge in [-0.25, -0.2) is 0 Å². The summed E-state index contributed by atoms with van der Waals surface area (Å²) < 4.78 is 1.68. The Kier molecular flexibility index (Phi) is 6.96. The van der Waals surface area contributed by atoms with Crippen LogP contribution in [0.15, 0.2) is 114 Å². The Bertz CT molecular complexity index is 1590. The van der Waals surface area contributed by atoms with Gasteiger partial charge in [0.05, 0.1) is 6.54 Å². The lowest BCUT2D eigenvalue weighted by Gasteiger charge is -2.09. The van der Waals surface area contributed by atoms with Crippen LogP contribution in [-0.2, 0) is 19.5 Å². The highest BCUT2D eigenvalue weighted by atomic mass is 35.5. The van der Waals surface area contributed by atoms with E-state index in [2.05, 4.69) is 23.5 Å². The van der Waals surface area contributed by atoms with Crippen molar-refractivity contribution in [3.63, 3.8) is 0 Å². The second-order valence-electron chi connectivity index (χ2n) is 8.87. The van der Waals surface area contributed by atoms with Crippen molar-refractivity contribution in [3.8, 4) is 0 Å². The van der Waals surface area contributed by atoms with Gasteiger partial charge in [-0.1, -0.05) is 72.3 Å². The Morgan fingerprint density at radius 2 is 1.50 bits per heavy atom. The highest BCUT2D eigenvalue weighted by Crippen LogP contribution is 2.21. The first-order chi connectivity index (χ1) is 17.5. The van der Waals surface area contributed by atoms with Crippen LogP contribution >= 0.6 is 11.6 Å². The molecule has 1 amide bonds. The van der Waals surface area contributed by atoms with Crippen LogP contribution in [0.1, 0.15) is 32.6 Å². The minimum Gasteiger partial charge on any atom is -0.348 e. The number of hydrogen-bond donors (Lipinski definition) is 1. The number of fused-ring (bicyclic) bond motifs is 1. The molecule has 0 spiro atoms. The standard InChI is InChI=1S/C31H25ClN2O2/c32-29-14-13-26-12-11-25(18-28(26)19-29)20-33-31(36)27-5-3-4-24(17-27)16-22-7-9-23(10-8-22)21-34-15-2-1-6-30(34)35/h1-15,17-19H,16,20-21H2,(H,33,36). The second-order valence-corrected chi connectivity index (χ2v) is 9.31. The summed E-state index contributed by atoms with van der Waals surface area (Å²) in [7, 11) is 0. The maximum absolute atomic E-state index is 12.8. The number of nitrogens with zero attached hydrogens (tertiary/aromatic N) is 1. The van der Waals surface area contributed by atoms with Gasteiger partial charge in [-0.05, 0) is 75.8 Å². The molecule has 178 valence electrons. The number of halogens is 1. The van der Waals surface area contributed by atoms with Gasteiger partial charge in [0.25, 0.3) is 11.5 Å². The van der Waals surface area contributed by atoms with Crippen LogP contribution < -0.4 is 10.9 Å². The number of benzene rings is 4. The second kappa shape index (κ2) is 10.6. The maximum Gasteiger partial charge on any atom is 0.251 e. The molecule has 0 aliphatic rings. The van der Waals surface area contributed by atoms with Gasteiger partial charge in [-0.15, -0.1) is 0 Å². The van der Waals surface area contributed by atoms with E-state index in [-0.39, 0.29) is 11.5 Å². The molecule has 5 aromatic rings. The Morgan fingerprint density at radius 1 is 0.722 bits per heavy atom. The zero-order valence-electron chi connectivity index (χ0n) is 19.7. The van der Waals surface area contributed by atoms with Gasteiger partial charge in [-0.3, -0.25) is 9.59 Å². The van der Waals surface area contributed by atoms with E-state index in [4.69, 9.17) is 11.6 Å². The van der Waals surface area contributed by atoms with E-state index in [0.717, 1.165) is 39.4 Å². The van der Waals surface area contributed by atoms with Crippen molar-refractivity contribution in [1.29, 1.82) is 0 Å². The fourth-order valence-corrected chi connectivity index (χ4v) is 4.45. The number of pyridine rings is 1. The summed E-state index contributed by atoms with van der Waals surface area (Å²) in [5, 5.41) is 5.89. The number of rotatable bonds is 7. The van der Waals surface area contributed by atoms with Gasteiger partial charge in [0.15, 0.2) is 0 Å². The van der Waals surface area contributed by atoms with Gasteiger partial charge in [-0.2, -0.15) is 0 Å². The highest BCUT2D eigenvalue weighted by molar-refractivity contribution is 6.31. The summed E-state index contributed by atoms with van der Waals surface area (Å²) in [4.78, 5) is 24.8. The van der Waals surface area contributed by atoms with Crippen molar-refractivity contribution < 1.29 is 4.79 Å². The summed E-state index contributed by atoms with van der Waals surface area (Å²) in [6.45, 7) is 0.983. The minimum absolute atomic E-state index is 0.0123. The number of aromatic nitrogens is 1. The third-order valence-electron chi connectivity index (χ3n) is 6.19. The molecule has 0 fully saturated rings. The zero-order valence-corrected chi connectivity index (χ0v) is 20.4. The highest BCUT2D eigenvalue weighted by Gasteiger charge is 2.08. The average Bonchev–Trinajstić information content (AvgIpc) is 2.89. The van der Waals surface area contributed by atoms with E-state index < -0.39 is 0 Å². The molecule has 0 saturated carbocycles. The molecule has 36 heavy (non-hydrogen) atoms. The number of carbonyl (C=O) groups is 1. The normalized spacial score (nSPS) is 10.9. The molecule has 1 heterocycles. The Hall–Kier alpha value is -4.15. The smallest absolute Gasteiger partial charge is 0.251 e. The minimum atomic E-state index is -0.105. The molecule has 0 aliphatic heterocycles. The Morgan fingerprint density at radius 3 is 2.33 bits per heavy atom. The van der Waals surface area contributed by atoms with Crippen LogP contribution in [0.25, 0.3) is 10.8 Å². The van der Waals surface area contributed by atoms with Crippen molar-refractivity contribution in [2.75, 3.05) is 0 Å². The molecule has 1 aromatic heterocycles. The van der Waals surface area contributed by atoms with Crippen LogP contribution in [0, 0.1) is 0 Å². The first-order valence-corrected chi connectivity index (χ1v) is 12.2. The van der Waals surface area contributed by atoms with Crippen molar-refractivity contribution in [2.45, 2.75) is 19.5 Å². The molecule has 5 heteroatoms. The van der Waals surface area contributed by atoms with E-state index in [1.165, 1.54) is 0 Å². The molecule has 1 N–H and O–H groups in total. The van der Waals surface area contributed by atoms with E-state index in [9.17, 15) is 9.59 Å². The lowest BCUT2D eigenvalue weighted by Crippen LogP contribution is -2.22. The zero-order chi connectivity index (χ0) is 24.9. The predicted octanol–water partition coefficient (Wildman–Crippen LogP) is 6.22. The summed E-state index contributed by atoms with van der Waals surface area (Å²) in [6.07, 6.45) is 2.51. The molecule has 5 rings (SSSR count). The van der Waals surface area contributed by atoms with E-state index in [0.29, 0.717) is 23.7 Å². The summed E-state index contributed by atoms with van der Waals surface area (Å²) in [6, 6.07) is 33.0. The Balaban J connectivity index is 1.22. The van der Waals surface area contributed by atoms with Gasteiger partial charge >= 0.3 is 0 Å². The lowest BCUT2D eigenvalue weighted by molar-refractivity contribution is 0.0951. The molecule has 0 aliphatic carbocycles. The van der Waals surface area contributed by atoms with Gasteiger partial charge in [0, 0.05) is 29.4 Å². The molecule has 0 radical (unpaired) electrons. The van der Waals surface area contributed by atoms with Crippen molar-refractivity contribution >= 4 is 28.3 Å². The van der Waals surface area contributed by atoms with E-state index >= 15 is 0 Å². The average molecular weight is 493 g/mol. The molecule has 0 unspecified atom stereocenters. The third kappa shape index (κ3) is 5.73. The number of carbonyl (C=O) groups excluding carboxylic acids is 1. The third-order valence-corrected chi connectivity index (χ3v) is 6.43. The van der Waals surface area contributed by atoms with Crippen molar-refractivity contribution in [3.05, 3.63) is 153 Å². The van der Waals surface area contributed by atoms with Crippen LogP contribution in [0.3, 0.4) is 0 Å². The molecular formula is C31H25ClN2O2. The molecule has 0 atom stereocenters. The summed E-state index contributed by atoms with van der Waals surface area (Å²) >= 11 is 6.12. The number of hydrogen-bond acceptors (Lipinski definition) is 2. The monoisotopic (exact) mass is 492 g/mol. The van der Waals surface area contributed by atoms with Gasteiger partial charge in [0.1, 0.15) is 0 Å². The molecule has 0 saturated heterocycles. The largest absolute Gasteiger partial charge is 0.348 e.